The fourth-order valence-electron chi connectivity index (χ4n) is 2.36. The molecule has 0 saturated carbocycles. The van der Waals surface area contributed by atoms with Crippen molar-refractivity contribution in [3.63, 3.8) is 0 Å². The monoisotopic (exact) mass is 303 g/mol. The topological polar surface area (TPSA) is 30.7 Å². The van der Waals surface area contributed by atoms with Gasteiger partial charge in [-0.15, -0.1) is 11.3 Å². The smallest absolute Gasteiger partial charge is 0.0943 e. The molecule has 0 atom stereocenters. The Morgan fingerprint density at radius 3 is 2.55 bits per heavy atom. The van der Waals surface area contributed by atoms with Crippen molar-refractivity contribution in [2.24, 2.45) is 0 Å². The summed E-state index contributed by atoms with van der Waals surface area (Å²) in [5.41, 5.74) is 4.13. The Balaban J connectivity index is 1.71. The predicted molar refractivity (Wildman–Crippen MR) is 90.1 cm³/mol. The van der Waals surface area contributed by atoms with Gasteiger partial charge < -0.3 is 0 Å². The van der Waals surface area contributed by atoms with Crippen LogP contribution in [-0.2, 0) is 0 Å². The van der Waals surface area contributed by atoms with Crippen LogP contribution in [-0.4, -0.2) is 14.8 Å². The van der Waals surface area contributed by atoms with Crippen LogP contribution in [0.4, 0.5) is 0 Å². The van der Waals surface area contributed by atoms with E-state index in [1.165, 1.54) is 4.88 Å². The molecular formula is C18H13N3S. The van der Waals surface area contributed by atoms with Crippen LogP contribution in [0.1, 0.15) is 0 Å². The highest BCUT2D eigenvalue weighted by atomic mass is 32.1. The number of rotatable bonds is 3. The third kappa shape index (κ3) is 2.44. The van der Waals surface area contributed by atoms with Crippen molar-refractivity contribution in [3.8, 4) is 27.4 Å². The van der Waals surface area contributed by atoms with Gasteiger partial charge in [0.2, 0.25) is 0 Å². The summed E-state index contributed by atoms with van der Waals surface area (Å²) in [4.78, 5) is 5.58. The van der Waals surface area contributed by atoms with E-state index >= 15 is 0 Å². The van der Waals surface area contributed by atoms with Crippen molar-refractivity contribution in [2.75, 3.05) is 0 Å². The summed E-state index contributed by atoms with van der Waals surface area (Å²) in [6, 6.07) is 18.4. The van der Waals surface area contributed by atoms with Crippen molar-refractivity contribution < 1.29 is 0 Å². The Kier molecular flexibility index (Phi) is 3.29. The summed E-state index contributed by atoms with van der Waals surface area (Å²) in [6.07, 6.45) is 5.72. The highest BCUT2D eigenvalue weighted by molar-refractivity contribution is 7.13. The van der Waals surface area contributed by atoms with Crippen molar-refractivity contribution in [3.05, 3.63) is 78.6 Å². The second-order valence-corrected chi connectivity index (χ2v) is 5.87. The molecule has 0 aliphatic rings. The van der Waals surface area contributed by atoms with E-state index in [0.717, 1.165) is 22.5 Å². The molecule has 0 fully saturated rings. The molecule has 0 radical (unpaired) electrons. The minimum absolute atomic E-state index is 0.926. The maximum absolute atomic E-state index is 4.65. The minimum Gasteiger partial charge on any atom is -0.263 e. The van der Waals surface area contributed by atoms with Crippen molar-refractivity contribution in [1.82, 2.24) is 14.8 Å². The zero-order valence-electron chi connectivity index (χ0n) is 11.8. The van der Waals surface area contributed by atoms with E-state index in [1.807, 2.05) is 59.7 Å². The summed E-state index contributed by atoms with van der Waals surface area (Å²) in [5.74, 6) is 0. The van der Waals surface area contributed by atoms with E-state index in [2.05, 4.69) is 33.7 Å². The van der Waals surface area contributed by atoms with Gasteiger partial charge in [0.1, 0.15) is 0 Å². The highest BCUT2D eigenvalue weighted by Crippen LogP contribution is 2.27. The number of aromatic nitrogens is 3. The van der Waals surface area contributed by atoms with E-state index in [4.69, 9.17) is 0 Å². The summed E-state index contributed by atoms with van der Waals surface area (Å²) in [5, 5.41) is 6.73. The molecule has 0 aliphatic carbocycles. The third-order valence-corrected chi connectivity index (χ3v) is 4.37. The second-order valence-electron chi connectivity index (χ2n) is 4.92. The van der Waals surface area contributed by atoms with Gasteiger partial charge in [0, 0.05) is 34.6 Å². The number of para-hydroxylation sites is 1. The zero-order valence-corrected chi connectivity index (χ0v) is 12.6. The Hall–Kier alpha value is -2.72. The number of pyridine rings is 1. The first-order chi connectivity index (χ1) is 10.9. The van der Waals surface area contributed by atoms with E-state index in [-0.39, 0.29) is 0 Å². The van der Waals surface area contributed by atoms with Crippen LogP contribution in [0.15, 0.2) is 78.6 Å². The Bertz CT molecular complexity index is 880. The second kappa shape index (κ2) is 5.58. The van der Waals surface area contributed by atoms with E-state index < -0.39 is 0 Å². The maximum Gasteiger partial charge on any atom is 0.0943 e. The molecule has 3 heterocycles. The summed E-state index contributed by atoms with van der Waals surface area (Å²) in [6.45, 7) is 0. The number of nitrogens with zero attached hydrogens (tertiary/aromatic N) is 3. The molecule has 4 aromatic rings. The van der Waals surface area contributed by atoms with Gasteiger partial charge in [-0.2, -0.15) is 5.10 Å². The first-order valence-electron chi connectivity index (χ1n) is 7.00. The maximum atomic E-state index is 4.65. The first-order valence-corrected chi connectivity index (χ1v) is 7.88. The van der Waals surface area contributed by atoms with Crippen LogP contribution in [0.2, 0.25) is 0 Å². The standard InChI is InChI=1S/C18H13N3S/c1-2-5-16(6-3-1)21-9-8-17(20-21)14-11-15(13-19-12-14)18-7-4-10-22-18/h1-13H. The van der Waals surface area contributed by atoms with Crippen LogP contribution in [0, 0.1) is 0 Å². The fourth-order valence-corrected chi connectivity index (χ4v) is 3.07. The van der Waals surface area contributed by atoms with Gasteiger partial charge in [0.25, 0.3) is 0 Å². The molecule has 0 amide bonds. The van der Waals surface area contributed by atoms with Crippen LogP contribution < -0.4 is 0 Å². The molecular weight excluding hydrogens is 290 g/mol. The molecule has 22 heavy (non-hydrogen) atoms. The molecule has 1 aromatic carbocycles. The lowest BCUT2D eigenvalue weighted by atomic mass is 10.1. The summed E-state index contributed by atoms with van der Waals surface area (Å²) < 4.78 is 1.88. The molecule has 3 aromatic heterocycles. The zero-order chi connectivity index (χ0) is 14.8. The molecule has 4 heteroatoms. The number of hydrogen-bond acceptors (Lipinski definition) is 3. The molecule has 3 nitrogen and oxygen atoms in total. The Labute approximate surface area is 132 Å². The van der Waals surface area contributed by atoms with Crippen molar-refractivity contribution in [2.45, 2.75) is 0 Å². The molecule has 0 N–H and O–H groups in total. The van der Waals surface area contributed by atoms with Gasteiger partial charge in [0.05, 0.1) is 11.4 Å². The Morgan fingerprint density at radius 2 is 1.73 bits per heavy atom. The van der Waals surface area contributed by atoms with Crippen LogP contribution in [0.25, 0.3) is 27.4 Å². The summed E-state index contributed by atoms with van der Waals surface area (Å²) in [7, 11) is 0. The van der Waals surface area contributed by atoms with Gasteiger partial charge in [-0.25, -0.2) is 4.68 Å². The molecule has 4 rings (SSSR count). The molecule has 0 saturated heterocycles. The van der Waals surface area contributed by atoms with Gasteiger partial charge in [-0.05, 0) is 35.7 Å². The average Bonchev–Trinajstić information content (AvgIpc) is 3.28. The van der Waals surface area contributed by atoms with E-state index in [1.54, 1.807) is 11.3 Å². The number of benzene rings is 1. The highest BCUT2D eigenvalue weighted by Gasteiger charge is 2.06. The lowest BCUT2D eigenvalue weighted by molar-refractivity contribution is 0.884. The van der Waals surface area contributed by atoms with Crippen LogP contribution in [0.3, 0.4) is 0 Å². The van der Waals surface area contributed by atoms with Gasteiger partial charge in [-0.3, -0.25) is 4.98 Å². The Morgan fingerprint density at radius 1 is 0.864 bits per heavy atom. The van der Waals surface area contributed by atoms with E-state index in [0.29, 0.717) is 0 Å². The van der Waals surface area contributed by atoms with Crippen LogP contribution in [0.5, 0.6) is 0 Å². The lowest BCUT2D eigenvalue weighted by Crippen LogP contribution is -1.94. The van der Waals surface area contributed by atoms with E-state index in [9.17, 15) is 0 Å². The summed E-state index contributed by atoms with van der Waals surface area (Å²) >= 11 is 1.72. The van der Waals surface area contributed by atoms with Gasteiger partial charge in [-0.1, -0.05) is 24.3 Å². The quantitative estimate of drug-likeness (QED) is 0.551. The van der Waals surface area contributed by atoms with Gasteiger partial charge in [0.15, 0.2) is 0 Å². The average molecular weight is 303 g/mol. The molecule has 106 valence electrons. The van der Waals surface area contributed by atoms with Gasteiger partial charge >= 0.3 is 0 Å². The molecule has 0 aliphatic heterocycles. The molecule has 0 bridgehead atoms. The first kappa shape index (κ1) is 13.0. The van der Waals surface area contributed by atoms with Crippen molar-refractivity contribution >= 4 is 11.3 Å². The minimum atomic E-state index is 0.926. The largest absolute Gasteiger partial charge is 0.263 e. The fraction of sp³-hybridized carbons (Fsp3) is 0. The third-order valence-electron chi connectivity index (χ3n) is 3.45. The number of hydrogen-bond donors (Lipinski definition) is 0. The molecule has 0 unspecified atom stereocenters. The van der Waals surface area contributed by atoms with Crippen molar-refractivity contribution in [1.29, 1.82) is 0 Å². The predicted octanol–water partition coefficient (Wildman–Crippen LogP) is 4.66. The lowest BCUT2D eigenvalue weighted by Gasteiger charge is -2.02. The number of thiophene rings is 1. The normalized spacial score (nSPS) is 10.7. The molecule has 0 spiro atoms. The SMILES string of the molecule is c1ccc(-n2ccc(-c3cncc(-c4cccs4)c3)n2)cc1. The van der Waals surface area contributed by atoms with Crippen LogP contribution >= 0.6 is 11.3 Å².